The molecule has 0 aliphatic rings. The SMILES string of the molecule is c1cc(-c2cccc3c2ccc2ccccc23)cc(N(c2ccc(-c3ccc(-c4ccc5ccccc5c4)cc3)cc2)c2ccccc2-c2cccc3oc4ccccc4c23)c1. The zero-order valence-corrected chi connectivity index (χ0v) is 33.9. The monoisotopic (exact) mass is 789 g/mol. The van der Waals surface area contributed by atoms with E-state index in [9.17, 15) is 0 Å². The van der Waals surface area contributed by atoms with Gasteiger partial charge in [-0.1, -0.05) is 188 Å². The van der Waals surface area contributed by atoms with E-state index in [0.717, 1.165) is 55.7 Å². The van der Waals surface area contributed by atoms with Gasteiger partial charge in [-0.3, -0.25) is 0 Å². The number of rotatable bonds is 7. The number of para-hydroxylation sites is 2. The number of furan rings is 1. The molecule has 0 amide bonds. The van der Waals surface area contributed by atoms with Crippen LogP contribution in [0.3, 0.4) is 0 Å². The molecule has 0 spiro atoms. The number of nitrogens with zero attached hydrogens (tertiary/aromatic N) is 1. The second-order valence-corrected chi connectivity index (χ2v) is 16.1. The maximum absolute atomic E-state index is 6.40. The highest BCUT2D eigenvalue weighted by Gasteiger charge is 2.21. The third kappa shape index (κ3) is 6.12. The van der Waals surface area contributed by atoms with Gasteiger partial charge in [-0.25, -0.2) is 0 Å². The fraction of sp³-hybridized carbons (Fsp3) is 0. The zero-order chi connectivity index (χ0) is 41.0. The maximum Gasteiger partial charge on any atom is 0.136 e. The lowest BCUT2D eigenvalue weighted by Crippen LogP contribution is -2.11. The minimum atomic E-state index is 0.881. The van der Waals surface area contributed by atoms with Gasteiger partial charge in [0.05, 0.1) is 5.69 Å². The number of hydrogen-bond acceptors (Lipinski definition) is 2. The van der Waals surface area contributed by atoms with Gasteiger partial charge in [0.15, 0.2) is 0 Å². The molecule has 0 N–H and O–H groups in total. The van der Waals surface area contributed by atoms with Crippen molar-refractivity contribution in [1.29, 1.82) is 0 Å². The minimum absolute atomic E-state index is 0.881. The molecule has 0 fully saturated rings. The number of hydrogen-bond donors (Lipinski definition) is 0. The molecule has 1 heterocycles. The molecule has 0 aliphatic heterocycles. The van der Waals surface area contributed by atoms with Crippen molar-refractivity contribution in [3.05, 3.63) is 237 Å². The predicted molar refractivity (Wildman–Crippen MR) is 263 cm³/mol. The van der Waals surface area contributed by atoms with E-state index in [1.807, 2.05) is 6.07 Å². The summed E-state index contributed by atoms with van der Waals surface area (Å²) in [7, 11) is 0. The summed E-state index contributed by atoms with van der Waals surface area (Å²) >= 11 is 0. The van der Waals surface area contributed by atoms with Gasteiger partial charge in [-0.05, 0) is 120 Å². The van der Waals surface area contributed by atoms with Gasteiger partial charge in [-0.2, -0.15) is 0 Å². The molecule has 12 rings (SSSR count). The van der Waals surface area contributed by atoms with E-state index in [-0.39, 0.29) is 0 Å². The van der Waals surface area contributed by atoms with Gasteiger partial charge in [-0.15, -0.1) is 0 Å². The smallest absolute Gasteiger partial charge is 0.136 e. The maximum atomic E-state index is 6.40. The lowest BCUT2D eigenvalue weighted by molar-refractivity contribution is 0.669. The largest absolute Gasteiger partial charge is 0.456 e. The highest BCUT2D eigenvalue weighted by Crippen LogP contribution is 2.46. The Bertz CT molecular complexity index is 3630. The van der Waals surface area contributed by atoms with Gasteiger partial charge >= 0.3 is 0 Å². The third-order valence-electron chi connectivity index (χ3n) is 12.5. The van der Waals surface area contributed by atoms with E-state index >= 15 is 0 Å². The van der Waals surface area contributed by atoms with Crippen LogP contribution in [0.4, 0.5) is 17.1 Å². The van der Waals surface area contributed by atoms with Gasteiger partial charge in [0.1, 0.15) is 11.2 Å². The first kappa shape index (κ1) is 35.7. The molecule has 11 aromatic carbocycles. The summed E-state index contributed by atoms with van der Waals surface area (Å²) in [5.41, 5.74) is 14.4. The van der Waals surface area contributed by atoms with Gasteiger partial charge in [0.2, 0.25) is 0 Å². The number of anilines is 3. The highest BCUT2D eigenvalue weighted by atomic mass is 16.3. The molecule has 12 aromatic rings. The van der Waals surface area contributed by atoms with Crippen LogP contribution in [0.2, 0.25) is 0 Å². The Balaban J connectivity index is 0.990. The van der Waals surface area contributed by atoms with E-state index in [0.29, 0.717) is 0 Å². The molecule has 0 unspecified atom stereocenters. The highest BCUT2D eigenvalue weighted by molar-refractivity contribution is 6.14. The van der Waals surface area contributed by atoms with Crippen LogP contribution in [-0.4, -0.2) is 0 Å². The summed E-state index contributed by atoms with van der Waals surface area (Å²) in [4.78, 5) is 2.41. The fourth-order valence-corrected chi connectivity index (χ4v) is 9.45. The Morgan fingerprint density at radius 2 is 0.855 bits per heavy atom. The quantitative estimate of drug-likeness (QED) is 0.150. The molecule has 62 heavy (non-hydrogen) atoms. The molecule has 0 saturated heterocycles. The van der Waals surface area contributed by atoms with Crippen LogP contribution in [0.25, 0.3) is 98.8 Å². The number of fused-ring (bicyclic) bond motifs is 7. The lowest BCUT2D eigenvalue weighted by Gasteiger charge is -2.28. The average Bonchev–Trinajstić information content (AvgIpc) is 3.73. The van der Waals surface area contributed by atoms with Crippen molar-refractivity contribution in [2.45, 2.75) is 0 Å². The summed E-state index contributed by atoms with van der Waals surface area (Å²) in [6.45, 7) is 0. The van der Waals surface area contributed by atoms with E-state index in [4.69, 9.17) is 4.42 Å². The first-order chi connectivity index (χ1) is 30.7. The summed E-state index contributed by atoms with van der Waals surface area (Å²) in [6.07, 6.45) is 0. The Morgan fingerprint density at radius 1 is 0.274 bits per heavy atom. The topological polar surface area (TPSA) is 16.4 Å². The van der Waals surface area contributed by atoms with Crippen molar-refractivity contribution < 1.29 is 4.42 Å². The van der Waals surface area contributed by atoms with Crippen molar-refractivity contribution in [1.82, 2.24) is 0 Å². The zero-order valence-electron chi connectivity index (χ0n) is 33.9. The second-order valence-electron chi connectivity index (χ2n) is 16.1. The van der Waals surface area contributed by atoms with Gasteiger partial charge < -0.3 is 9.32 Å². The molecule has 2 nitrogen and oxygen atoms in total. The first-order valence-corrected chi connectivity index (χ1v) is 21.2. The molecule has 1 aromatic heterocycles. The van der Waals surface area contributed by atoms with E-state index < -0.39 is 0 Å². The number of benzene rings is 11. The van der Waals surface area contributed by atoms with Crippen molar-refractivity contribution in [3.8, 4) is 44.5 Å². The van der Waals surface area contributed by atoms with E-state index in [2.05, 4.69) is 235 Å². The summed E-state index contributed by atoms with van der Waals surface area (Å²) < 4.78 is 6.40. The molecule has 0 aliphatic carbocycles. The Kier molecular flexibility index (Phi) is 8.53. The fourth-order valence-electron chi connectivity index (χ4n) is 9.45. The summed E-state index contributed by atoms with van der Waals surface area (Å²) in [5, 5.41) is 9.75. The van der Waals surface area contributed by atoms with Crippen LogP contribution >= 0.6 is 0 Å². The van der Waals surface area contributed by atoms with Crippen molar-refractivity contribution in [2.75, 3.05) is 4.90 Å². The van der Waals surface area contributed by atoms with Gasteiger partial charge in [0, 0.05) is 27.7 Å². The second kappa shape index (κ2) is 14.8. The Morgan fingerprint density at radius 3 is 1.71 bits per heavy atom. The third-order valence-corrected chi connectivity index (χ3v) is 12.5. The Labute approximate surface area is 360 Å². The normalized spacial score (nSPS) is 11.5. The van der Waals surface area contributed by atoms with Crippen LogP contribution < -0.4 is 4.90 Å². The molecule has 2 heteroatoms. The van der Waals surface area contributed by atoms with E-state index in [1.54, 1.807) is 0 Å². The van der Waals surface area contributed by atoms with Crippen LogP contribution in [0.15, 0.2) is 241 Å². The minimum Gasteiger partial charge on any atom is -0.456 e. The van der Waals surface area contributed by atoms with Crippen LogP contribution in [-0.2, 0) is 0 Å². The summed E-state index contributed by atoms with van der Waals surface area (Å²) in [6, 6.07) is 85.5. The predicted octanol–water partition coefficient (Wildman–Crippen LogP) is 17.2. The van der Waals surface area contributed by atoms with Crippen LogP contribution in [0.5, 0.6) is 0 Å². The molecular formula is C60H39NO. The first-order valence-electron chi connectivity index (χ1n) is 21.2. The van der Waals surface area contributed by atoms with Crippen molar-refractivity contribution in [2.24, 2.45) is 0 Å². The molecule has 290 valence electrons. The molecule has 0 bridgehead atoms. The molecule has 0 radical (unpaired) electrons. The molecule has 0 atom stereocenters. The van der Waals surface area contributed by atoms with Crippen LogP contribution in [0.1, 0.15) is 0 Å². The van der Waals surface area contributed by atoms with E-state index in [1.165, 1.54) is 60.1 Å². The van der Waals surface area contributed by atoms with Crippen molar-refractivity contribution in [3.63, 3.8) is 0 Å². The molecular weight excluding hydrogens is 751 g/mol. The molecule has 0 saturated carbocycles. The standard InChI is InChI=1S/C60H39NO/c1-2-14-45-38-46(31-30-40(45)12-1)43-28-26-41(27-29-43)42-32-35-48(36-33-42)61(57-23-7-5-18-54(57)55-22-11-25-59-60(55)56-19-6-8-24-58(56)62-59)49-16-9-15-47(39-49)51-20-10-21-52-50-17-4-3-13-44(50)34-37-53(51)52/h1-39H. The van der Waals surface area contributed by atoms with Crippen LogP contribution in [0, 0.1) is 0 Å². The summed E-state index contributed by atoms with van der Waals surface area (Å²) in [5.74, 6) is 0. The van der Waals surface area contributed by atoms with Gasteiger partial charge in [0.25, 0.3) is 0 Å². The Hall–Kier alpha value is -8.20. The lowest BCUT2D eigenvalue weighted by atomic mass is 9.94. The van der Waals surface area contributed by atoms with Crippen molar-refractivity contribution >= 4 is 71.3 Å². The average molecular weight is 790 g/mol.